The van der Waals surface area contributed by atoms with Gasteiger partial charge in [0.05, 0.1) is 18.0 Å². The van der Waals surface area contributed by atoms with Crippen LogP contribution in [0.4, 0.5) is 5.69 Å². The molecule has 0 bridgehead atoms. The van der Waals surface area contributed by atoms with Gasteiger partial charge in [-0.1, -0.05) is 36.8 Å². The van der Waals surface area contributed by atoms with Crippen LogP contribution in [0, 0.1) is 5.92 Å². The number of amides is 3. The zero-order chi connectivity index (χ0) is 23.9. The zero-order valence-electron chi connectivity index (χ0n) is 18.9. The molecule has 9 heteroatoms. The van der Waals surface area contributed by atoms with Crippen LogP contribution >= 0.6 is 0 Å². The molecule has 1 saturated heterocycles. The van der Waals surface area contributed by atoms with Crippen molar-refractivity contribution in [3.05, 3.63) is 59.7 Å². The van der Waals surface area contributed by atoms with E-state index < -0.39 is 21.8 Å². The maximum Gasteiger partial charge on any atom is 0.244 e. The fraction of sp³-hybridized carbons (Fsp3) is 0.400. The molecule has 1 aliphatic carbocycles. The second-order valence-electron chi connectivity index (χ2n) is 9.11. The smallest absolute Gasteiger partial charge is 0.244 e. The van der Waals surface area contributed by atoms with Crippen LogP contribution < -0.4 is 4.90 Å². The Morgan fingerprint density at radius 3 is 2.32 bits per heavy atom. The summed E-state index contributed by atoms with van der Waals surface area (Å²) >= 11 is 0. The van der Waals surface area contributed by atoms with Crippen LogP contribution in [0.1, 0.15) is 30.4 Å². The Bertz CT molecular complexity index is 1220. The predicted octanol–water partition coefficient (Wildman–Crippen LogP) is 1.98. The van der Waals surface area contributed by atoms with Gasteiger partial charge in [-0.2, -0.15) is 4.31 Å². The van der Waals surface area contributed by atoms with E-state index in [0.29, 0.717) is 19.4 Å². The lowest BCUT2D eigenvalue weighted by Crippen LogP contribution is -2.55. The van der Waals surface area contributed by atoms with E-state index in [1.54, 1.807) is 17.0 Å². The van der Waals surface area contributed by atoms with Gasteiger partial charge in [-0.15, -0.1) is 0 Å². The highest BCUT2D eigenvalue weighted by Gasteiger charge is 2.39. The number of carbonyl (C=O) groups is 3. The molecule has 2 aromatic rings. The first-order chi connectivity index (χ1) is 16.3. The van der Waals surface area contributed by atoms with E-state index >= 15 is 0 Å². The highest BCUT2D eigenvalue weighted by Crippen LogP contribution is 2.36. The number of imide groups is 1. The Hall–Kier alpha value is -3.04. The van der Waals surface area contributed by atoms with Gasteiger partial charge in [-0.25, -0.2) is 8.42 Å². The molecule has 2 aliphatic heterocycles. The molecule has 0 radical (unpaired) electrons. The standard InChI is InChI=1S/C25H27N3O5S/c29-23-16-26(17-24(30)28(23)13-11-18-5-2-1-3-6-18)34(32,33)21-9-10-22-20(15-21)12-14-27(22)25(31)19-7-4-8-19/h1-3,5-6,9-10,15,19H,4,7-8,11-14,16-17H2. The van der Waals surface area contributed by atoms with Gasteiger partial charge in [0.2, 0.25) is 27.7 Å². The number of piperazine rings is 1. The van der Waals surface area contributed by atoms with Gasteiger partial charge < -0.3 is 4.90 Å². The number of fused-ring (bicyclic) bond motifs is 1. The van der Waals surface area contributed by atoms with Crippen molar-refractivity contribution in [2.75, 3.05) is 31.1 Å². The summed E-state index contributed by atoms with van der Waals surface area (Å²) in [7, 11) is -4.03. The van der Waals surface area contributed by atoms with Crippen molar-refractivity contribution in [2.45, 2.75) is 37.0 Å². The SMILES string of the molecule is O=C1CN(S(=O)(=O)c2ccc3c(c2)CCN3C(=O)C2CCC2)CC(=O)N1CCc1ccccc1. The molecule has 2 aromatic carbocycles. The summed E-state index contributed by atoms with van der Waals surface area (Å²) in [6.07, 6.45) is 4.01. The first-order valence-electron chi connectivity index (χ1n) is 11.7. The normalized spacial score (nSPS) is 19.3. The third-order valence-corrected chi connectivity index (χ3v) is 8.78. The minimum absolute atomic E-state index is 0.0440. The molecule has 2 heterocycles. The first kappa shape index (κ1) is 22.7. The molecule has 0 atom stereocenters. The molecule has 3 aliphatic rings. The molecule has 0 spiro atoms. The summed E-state index contributed by atoms with van der Waals surface area (Å²) in [5, 5.41) is 0. The fourth-order valence-corrected chi connectivity index (χ4v) is 6.15. The van der Waals surface area contributed by atoms with Gasteiger partial charge in [0.25, 0.3) is 0 Å². The van der Waals surface area contributed by atoms with Crippen molar-refractivity contribution in [3.8, 4) is 0 Å². The highest BCUT2D eigenvalue weighted by atomic mass is 32.2. The van der Waals surface area contributed by atoms with Crippen molar-refractivity contribution in [3.63, 3.8) is 0 Å². The van der Waals surface area contributed by atoms with Gasteiger partial charge in [0, 0.05) is 24.7 Å². The van der Waals surface area contributed by atoms with Crippen LogP contribution in [0.25, 0.3) is 0 Å². The fourth-order valence-electron chi connectivity index (χ4n) is 4.76. The van der Waals surface area contributed by atoms with Gasteiger partial charge in [-0.05, 0) is 55.0 Å². The minimum atomic E-state index is -4.03. The number of anilines is 1. The van der Waals surface area contributed by atoms with E-state index in [0.717, 1.165) is 45.3 Å². The van der Waals surface area contributed by atoms with Gasteiger partial charge in [0.1, 0.15) is 0 Å². The molecule has 5 rings (SSSR count). The maximum absolute atomic E-state index is 13.3. The molecule has 1 saturated carbocycles. The number of hydrogen-bond donors (Lipinski definition) is 0. The second-order valence-corrected chi connectivity index (χ2v) is 11.0. The van der Waals surface area contributed by atoms with E-state index in [4.69, 9.17) is 0 Å². The Morgan fingerprint density at radius 2 is 1.68 bits per heavy atom. The lowest BCUT2D eigenvalue weighted by Gasteiger charge is -2.32. The van der Waals surface area contributed by atoms with Crippen LogP contribution in [-0.4, -0.2) is 61.5 Å². The van der Waals surface area contributed by atoms with Crippen molar-refractivity contribution >= 4 is 33.4 Å². The van der Waals surface area contributed by atoms with Crippen LogP contribution in [-0.2, 0) is 37.2 Å². The van der Waals surface area contributed by atoms with Gasteiger partial charge in [-0.3, -0.25) is 19.3 Å². The average Bonchev–Trinajstić information content (AvgIpc) is 3.21. The maximum atomic E-state index is 13.3. The topological polar surface area (TPSA) is 95.1 Å². The Morgan fingerprint density at radius 1 is 0.971 bits per heavy atom. The molecule has 0 unspecified atom stereocenters. The van der Waals surface area contributed by atoms with Crippen LogP contribution in [0.2, 0.25) is 0 Å². The summed E-state index contributed by atoms with van der Waals surface area (Å²) < 4.78 is 27.5. The molecule has 178 valence electrons. The molecule has 3 amide bonds. The minimum Gasteiger partial charge on any atom is -0.312 e. The van der Waals surface area contributed by atoms with E-state index in [9.17, 15) is 22.8 Å². The van der Waals surface area contributed by atoms with Crippen molar-refractivity contribution < 1.29 is 22.8 Å². The van der Waals surface area contributed by atoms with Crippen molar-refractivity contribution in [2.24, 2.45) is 5.92 Å². The average molecular weight is 482 g/mol. The van der Waals surface area contributed by atoms with Gasteiger partial charge >= 0.3 is 0 Å². The highest BCUT2D eigenvalue weighted by molar-refractivity contribution is 7.89. The third-order valence-electron chi connectivity index (χ3n) is 7.00. The lowest BCUT2D eigenvalue weighted by molar-refractivity contribution is -0.149. The third kappa shape index (κ3) is 4.14. The number of benzene rings is 2. The first-order valence-corrected chi connectivity index (χ1v) is 13.1. The predicted molar refractivity (Wildman–Crippen MR) is 125 cm³/mol. The molecular formula is C25H27N3O5S. The van der Waals surface area contributed by atoms with Crippen molar-refractivity contribution in [1.82, 2.24) is 9.21 Å². The molecule has 0 N–H and O–H groups in total. The number of carbonyl (C=O) groups excluding carboxylic acids is 3. The molecule has 2 fully saturated rings. The van der Waals surface area contributed by atoms with E-state index in [2.05, 4.69) is 0 Å². The number of sulfonamides is 1. The van der Waals surface area contributed by atoms with E-state index in [1.165, 1.54) is 6.07 Å². The zero-order valence-corrected chi connectivity index (χ0v) is 19.7. The van der Waals surface area contributed by atoms with E-state index in [-0.39, 0.29) is 36.4 Å². The quantitative estimate of drug-likeness (QED) is 0.588. The lowest BCUT2D eigenvalue weighted by atomic mass is 9.84. The number of nitrogens with zero attached hydrogens (tertiary/aromatic N) is 3. The van der Waals surface area contributed by atoms with Gasteiger partial charge in [0.15, 0.2) is 0 Å². The molecular weight excluding hydrogens is 454 g/mol. The largest absolute Gasteiger partial charge is 0.312 e. The second kappa shape index (κ2) is 8.96. The number of rotatable bonds is 6. The van der Waals surface area contributed by atoms with E-state index in [1.807, 2.05) is 30.3 Å². The monoisotopic (exact) mass is 481 g/mol. The summed E-state index contributed by atoms with van der Waals surface area (Å²) in [6.45, 7) is 0.0307. The van der Waals surface area contributed by atoms with Crippen LogP contribution in [0.5, 0.6) is 0 Å². The number of hydrogen-bond acceptors (Lipinski definition) is 5. The Balaban J connectivity index is 1.28. The Labute approximate surface area is 199 Å². The molecule has 0 aromatic heterocycles. The van der Waals surface area contributed by atoms with Crippen molar-refractivity contribution in [1.29, 1.82) is 0 Å². The Kier molecular flexibility index (Phi) is 5.99. The van der Waals surface area contributed by atoms with Crippen LogP contribution in [0.15, 0.2) is 53.4 Å². The molecule has 8 nitrogen and oxygen atoms in total. The summed E-state index contributed by atoms with van der Waals surface area (Å²) in [5.74, 6) is -0.851. The summed E-state index contributed by atoms with van der Waals surface area (Å²) in [6, 6.07) is 14.2. The summed E-state index contributed by atoms with van der Waals surface area (Å²) in [5.41, 5.74) is 2.56. The summed E-state index contributed by atoms with van der Waals surface area (Å²) in [4.78, 5) is 41.0. The van der Waals surface area contributed by atoms with Crippen LogP contribution in [0.3, 0.4) is 0 Å². The molecule has 34 heavy (non-hydrogen) atoms.